The molecular weight excluding hydrogens is 340 g/mol. The first kappa shape index (κ1) is 18.2. The minimum Gasteiger partial charge on any atom is -0.378 e. The van der Waals surface area contributed by atoms with Crippen LogP contribution in [0.5, 0.6) is 0 Å². The second-order valence-electron chi connectivity index (χ2n) is 7.61. The number of aryl methyl sites for hydroxylation is 2. The SMILES string of the molecule is Cc1cc(C)c(-n2cccn2)c(CN2CCC[C@H]2C(=O)N2CCOCC2)c1. The highest BCUT2D eigenvalue weighted by Crippen LogP contribution is 2.27. The lowest BCUT2D eigenvalue weighted by Crippen LogP contribution is -2.49. The summed E-state index contributed by atoms with van der Waals surface area (Å²) in [7, 11) is 0. The average Bonchev–Trinajstić information content (AvgIpc) is 3.33. The fourth-order valence-electron chi connectivity index (χ4n) is 4.41. The molecule has 3 heterocycles. The molecule has 2 aliphatic rings. The van der Waals surface area contributed by atoms with E-state index in [0.717, 1.165) is 31.6 Å². The molecule has 1 aromatic heterocycles. The highest BCUT2D eigenvalue weighted by Gasteiger charge is 2.34. The van der Waals surface area contributed by atoms with Crippen molar-refractivity contribution in [3.05, 3.63) is 47.3 Å². The first-order valence-electron chi connectivity index (χ1n) is 9.84. The van der Waals surface area contributed by atoms with Crippen LogP contribution < -0.4 is 0 Å². The molecule has 1 atom stereocenters. The standard InChI is InChI=1S/C21H28N4O2/c1-16-13-17(2)20(25-8-4-6-22-25)18(14-16)15-24-7-3-5-19(24)21(26)23-9-11-27-12-10-23/h4,6,8,13-14,19H,3,5,7,9-12,15H2,1-2H3/t19-/m0/s1. The van der Waals surface area contributed by atoms with Crippen LogP contribution >= 0.6 is 0 Å². The number of carbonyl (C=O) groups is 1. The molecule has 1 aromatic carbocycles. The molecule has 6 heteroatoms. The lowest BCUT2D eigenvalue weighted by atomic mass is 10.0. The van der Waals surface area contributed by atoms with Crippen molar-refractivity contribution in [3.63, 3.8) is 0 Å². The Hall–Kier alpha value is -2.18. The third kappa shape index (κ3) is 3.77. The van der Waals surface area contributed by atoms with Crippen molar-refractivity contribution in [2.45, 2.75) is 39.3 Å². The van der Waals surface area contributed by atoms with E-state index in [9.17, 15) is 4.79 Å². The molecule has 0 N–H and O–H groups in total. The summed E-state index contributed by atoms with van der Waals surface area (Å²) < 4.78 is 7.34. The van der Waals surface area contributed by atoms with E-state index in [-0.39, 0.29) is 11.9 Å². The van der Waals surface area contributed by atoms with Gasteiger partial charge in [0, 0.05) is 32.0 Å². The Bertz CT molecular complexity index is 797. The van der Waals surface area contributed by atoms with Gasteiger partial charge in [-0.2, -0.15) is 5.10 Å². The number of benzene rings is 1. The maximum absolute atomic E-state index is 13.1. The topological polar surface area (TPSA) is 50.6 Å². The molecule has 2 saturated heterocycles. The number of morpholine rings is 1. The summed E-state index contributed by atoms with van der Waals surface area (Å²) in [6.07, 6.45) is 5.81. The Kier molecular flexibility index (Phi) is 5.27. The van der Waals surface area contributed by atoms with Crippen molar-refractivity contribution in [3.8, 4) is 5.69 Å². The number of ether oxygens (including phenoxy) is 1. The van der Waals surface area contributed by atoms with E-state index in [1.54, 1.807) is 0 Å². The van der Waals surface area contributed by atoms with Gasteiger partial charge in [0.15, 0.2) is 0 Å². The van der Waals surface area contributed by atoms with Gasteiger partial charge in [-0.25, -0.2) is 4.68 Å². The van der Waals surface area contributed by atoms with Gasteiger partial charge < -0.3 is 9.64 Å². The Labute approximate surface area is 160 Å². The molecule has 2 aliphatic heterocycles. The molecule has 1 amide bonds. The van der Waals surface area contributed by atoms with Crippen LogP contribution in [0, 0.1) is 13.8 Å². The summed E-state index contributed by atoms with van der Waals surface area (Å²) in [4.78, 5) is 17.4. The maximum atomic E-state index is 13.1. The first-order valence-corrected chi connectivity index (χ1v) is 9.84. The number of amides is 1. The predicted octanol–water partition coefficient (Wildman–Crippen LogP) is 2.31. The van der Waals surface area contributed by atoms with Crippen LogP contribution in [0.1, 0.15) is 29.5 Å². The van der Waals surface area contributed by atoms with Gasteiger partial charge in [-0.1, -0.05) is 17.7 Å². The summed E-state index contributed by atoms with van der Waals surface area (Å²) in [6, 6.07) is 6.36. The van der Waals surface area contributed by atoms with Crippen molar-refractivity contribution in [2.75, 3.05) is 32.8 Å². The van der Waals surface area contributed by atoms with E-state index in [0.29, 0.717) is 26.3 Å². The molecule has 2 fully saturated rings. The third-order valence-corrected chi connectivity index (χ3v) is 5.60. The lowest BCUT2D eigenvalue weighted by Gasteiger charge is -2.33. The van der Waals surface area contributed by atoms with Gasteiger partial charge in [-0.15, -0.1) is 0 Å². The molecule has 6 nitrogen and oxygen atoms in total. The normalized spacial score (nSPS) is 21.0. The average molecular weight is 368 g/mol. The molecule has 27 heavy (non-hydrogen) atoms. The fourth-order valence-corrected chi connectivity index (χ4v) is 4.41. The number of hydrogen-bond donors (Lipinski definition) is 0. The van der Waals surface area contributed by atoms with Gasteiger partial charge in [0.05, 0.1) is 24.9 Å². The summed E-state index contributed by atoms with van der Waals surface area (Å²) in [5, 5.41) is 4.45. The molecule has 0 bridgehead atoms. The van der Waals surface area contributed by atoms with E-state index in [4.69, 9.17) is 4.74 Å². The number of aromatic nitrogens is 2. The van der Waals surface area contributed by atoms with Gasteiger partial charge in [0.25, 0.3) is 0 Å². The van der Waals surface area contributed by atoms with Crippen LogP contribution in [0.3, 0.4) is 0 Å². The molecule has 0 saturated carbocycles. The van der Waals surface area contributed by atoms with Crippen LogP contribution in [-0.4, -0.2) is 64.4 Å². The van der Waals surface area contributed by atoms with Gasteiger partial charge in [0.1, 0.15) is 0 Å². The highest BCUT2D eigenvalue weighted by molar-refractivity contribution is 5.82. The van der Waals surface area contributed by atoms with Crippen LogP contribution in [-0.2, 0) is 16.1 Å². The van der Waals surface area contributed by atoms with Crippen LogP contribution in [0.2, 0.25) is 0 Å². The molecule has 0 aliphatic carbocycles. The maximum Gasteiger partial charge on any atom is 0.240 e. The summed E-state index contributed by atoms with van der Waals surface area (Å²) in [5.41, 5.74) is 4.82. The van der Waals surface area contributed by atoms with Gasteiger partial charge in [-0.3, -0.25) is 9.69 Å². The number of carbonyl (C=O) groups excluding carboxylic acids is 1. The summed E-state index contributed by atoms with van der Waals surface area (Å²) in [5.74, 6) is 0.265. The largest absolute Gasteiger partial charge is 0.378 e. The molecule has 0 radical (unpaired) electrons. The van der Waals surface area contributed by atoms with E-state index in [1.165, 1.54) is 16.7 Å². The molecule has 2 aromatic rings. The Morgan fingerprint density at radius 3 is 2.78 bits per heavy atom. The van der Waals surface area contributed by atoms with Crippen molar-refractivity contribution in [1.29, 1.82) is 0 Å². The van der Waals surface area contributed by atoms with Gasteiger partial charge in [-0.05, 0) is 50.4 Å². The second-order valence-corrected chi connectivity index (χ2v) is 7.61. The van der Waals surface area contributed by atoms with E-state index in [1.807, 2.05) is 28.0 Å². The number of likely N-dealkylation sites (tertiary alicyclic amines) is 1. The predicted molar refractivity (Wildman–Crippen MR) is 104 cm³/mol. The molecule has 0 unspecified atom stereocenters. The first-order chi connectivity index (χ1) is 13.1. The minimum atomic E-state index is -0.0191. The molecular formula is C21H28N4O2. The number of nitrogens with zero attached hydrogens (tertiary/aromatic N) is 4. The van der Waals surface area contributed by atoms with Crippen molar-refractivity contribution in [2.24, 2.45) is 0 Å². The Morgan fingerprint density at radius 2 is 2.04 bits per heavy atom. The lowest BCUT2D eigenvalue weighted by molar-refractivity contribution is -0.140. The van der Waals surface area contributed by atoms with Gasteiger partial charge in [0.2, 0.25) is 5.91 Å². The van der Waals surface area contributed by atoms with Gasteiger partial charge >= 0.3 is 0 Å². The third-order valence-electron chi connectivity index (χ3n) is 5.60. The number of rotatable bonds is 4. The van der Waals surface area contributed by atoms with E-state index in [2.05, 4.69) is 36.0 Å². The molecule has 0 spiro atoms. The Morgan fingerprint density at radius 1 is 1.22 bits per heavy atom. The fraction of sp³-hybridized carbons (Fsp3) is 0.524. The highest BCUT2D eigenvalue weighted by atomic mass is 16.5. The quantitative estimate of drug-likeness (QED) is 0.831. The summed E-state index contributed by atoms with van der Waals surface area (Å²) in [6.45, 7) is 8.73. The smallest absolute Gasteiger partial charge is 0.240 e. The van der Waals surface area contributed by atoms with Crippen molar-refractivity contribution >= 4 is 5.91 Å². The molecule has 144 valence electrons. The van der Waals surface area contributed by atoms with E-state index < -0.39 is 0 Å². The zero-order valence-electron chi connectivity index (χ0n) is 16.2. The van der Waals surface area contributed by atoms with Crippen LogP contribution in [0.4, 0.5) is 0 Å². The van der Waals surface area contributed by atoms with Crippen LogP contribution in [0.15, 0.2) is 30.6 Å². The zero-order chi connectivity index (χ0) is 18.8. The van der Waals surface area contributed by atoms with Crippen molar-refractivity contribution in [1.82, 2.24) is 19.6 Å². The second kappa shape index (κ2) is 7.82. The molecule has 4 rings (SSSR count). The Balaban J connectivity index is 1.58. The number of hydrogen-bond acceptors (Lipinski definition) is 4. The zero-order valence-corrected chi connectivity index (χ0v) is 16.2. The van der Waals surface area contributed by atoms with E-state index >= 15 is 0 Å². The van der Waals surface area contributed by atoms with Crippen molar-refractivity contribution < 1.29 is 9.53 Å². The monoisotopic (exact) mass is 368 g/mol. The summed E-state index contributed by atoms with van der Waals surface area (Å²) >= 11 is 0. The van der Waals surface area contributed by atoms with Crippen LogP contribution in [0.25, 0.3) is 5.69 Å². The minimum absolute atomic E-state index is 0.0191.